The molecule has 0 aromatic heterocycles. The van der Waals surface area contributed by atoms with Gasteiger partial charge in [-0.2, -0.15) is 0 Å². The molecule has 3 rings (SSSR count). The summed E-state index contributed by atoms with van der Waals surface area (Å²) in [6, 6.07) is 13.3. The molecular formula is C20H21FN2. The van der Waals surface area contributed by atoms with Gasteiger partial charge in [0.2, 0.25) is 0 Å². The zero-order chi connectivity index (χ0) is 16.1. The largest absolute Gasteiger partial charge is 0.368 e. The number of hydrogen-bond acceptors (Lipinski definition) is 2. The van der Waals surface area contributed by atoms with E-state index in [1.54, 1.807) is 6.07 Å². The minimum atomic E-state index is -0.177. The number of nitrogens with zero attached hydrogens (tertiary/aromatic N) is 1. The van der Waals surface area contributed by atoms with Crippen molar-refractivity contribution in [2.24, 2.45) is 4.99 Å². The van der Waals surface area contributed by atoms with Crippen LogP contribution in [0.4, 0.5) is 4.39 Å². The number of aryl methyl sites for hydroxylation is 2. The van der Waals surface area contributed by atoms with Crippen molar-refractivity contribution in [2.45, 2.75) is 19.8 Å². The lowest BCUT2D eigenvalue weighted by molar-refractivity contribution is 0.625. The molecule has 0 amide bonds. The molecule has 0 aliphatic carbocycles. The van der Waals surface area contributed by atoms with Crippen molar-refractivity contribution in [1.29, 1.82) is 0 Å². The summed E-state index contributed by atoms with van der Waals surface area (Å²) in [6.45, 7) is 3.71. The molecule has 0 unspecified atom stereocenters. The van der Waals surface area contributed by atoms with Crippen LogP contribution in [-0.4, -0.2) is 18.9 Å². The Hall–Kier alpha value is -2.42. The van der Waals surface area contributed by atoms with Crippen molar-refractivity contribution in [2.75, 3.05) is 13.1 Å². The van der Waals surface area contributed by atoms with Gasteiger partial charge in [-0.25, -0.2) is 4.39 Å². The van der Waals surface area contributed by atoms with Crippen molar-refractivity contribution < 1.29 is 4.39 Å². The van der Waals surface area contributed by atoms with E-state index >= 15 is 0 Å². The maximum Gasteiger partial charge on any atom is 0.128 e. The van der Waals surface area contributed by atoms with Crippen molar-refractivity contribution >= 4 is 11.9 Å². The number of benzene rings is 2. The number of nitrogens with one attached hydrogen (secondary N) is 1. The van der Waals surface area contributed by atoms with Gasteiger partial charge in [-0.1, -0.05) is 42.5 Å². The van der Waals surface area contributed by atoms with Crippen LogP contribution in [0.2, 0.25) is 0 Å². The van der Waals surface area contributed by atoms with E-state index in [0.29, 0.717) is 0 Å². The molecule has 0 saturated carbocycles. The molecule has 0 saturated heterocycles. The van der Waals surface area contributed by atoms with Crippen LogP contribution in [0.15, 0.2) is 53.5 Å². The average molecular weight is 308 g/mol. The second-order valence-electron chi connectivity index (χ2n) is 5.66. The third kappa shape index (κ3) is 3.67. The van der Waals surface area contributed by atoms with Crippen LogP contribution in [0.3, 0.4) is 0 Å². The molecular weight excluding hydrogens is 287 g/mol. The molecule has 1 heterocycles. The summed E-state index contributed by atoms with van der Waals surface area (Å²) in [6.07, 6.45) is 5.69. The van der Waals surface area contributed by atoms with Crippen molar-refractivity contribution in [3.63, 3.8) is 0 Å². The Morgan fingerprint density at radius 1 is 1.13 bits per heavy atom. The second kappa shape index (κ2) is 7.23. The van der Waals surface area contributed by atoms with Crippen molar-refractivity contribution in [3.05, 3.63) is 76.6 Å². The van der Waals surface area contributed by atoms with E-state index in [2.05, 4.69) is 22.4 Å². The normalized spacial score (nSPS) is 14.1. The number of aliphatic imine (C=N–C) groups is 1. The van der Waals surface area contributed by atoms with E-state index in [-0.39, 0.29) is 5.82 Å². The fourth-order valence-corrected chi connectivity index (χ4v) is 2.95. The predicted octanol–water partition coefficient (Wildman–Crippen LogP) is 3.99. The Balaban J connectivity index is 1.83. The van der Waals surface area contributed by atoms with Crippen LogP contribution in [0.1, 0.15) is 29.2 Å². The molecule has 0 spiro atoms. The summed E-state index contributed by atoms with van der Waals surface area (Å²) in [5, 5.41) is 3.33. The van der Waals surface area contributed by atoms with Gasteiger partial charge in [-0.05, 0) is 48.6 Å². The van der Waals surface area contributed by atoms with Gasteiger partial charge in [-0.15, -0.1) is 0 Å². The molecule has 0 radical (unpaired) electrons. The number of amidine groups is 1. The Bertz CT molecular complexity index is 747. The standard InChI is InChI=1S/C20H21FN2/c1-2-5-15-10-11-18(21)14-17(15)9-8-16-6-3-4-7-19(16)20-22-12-13-23-20/h2-7,10-11,14H,8-9,12-13H2,1H3,(H,22,23)/b5-2+. The van der Waals surface area contributed by atoms with E-state index in [0.717, 1.165) is 48.5 Å². The van der Waals surface area contributed by atoms with Gasteiger partial charge >= 0.3 is 0 Å². The van der Waals surface area contributed by atoms with Crippen LogP contribution in [0, 0.1) is 5.82 Å². The number of hydrogen-bond donors (Lipinski definition) is 1. The Labute approximate surface area is 136 Å². The highest BCUT2D eigenvalue weighted by Crippen LogP contribution is 2.18. The second-order valence-corrected chi connectivity index (χ2v) is 5.66. The monoisotopic (exact) mass is 308 g/mol. The van der Waals surface area contributed by atoms with Gasteiger partial charge in [0.15, 0.2) is 0 Å². The first-order valence-electron chi connectivity index (χ1n) is 8.05. The molecule has 2 aromatic rings. The van der Waals surface area contributed by atoms with Gasteiger partial charge in [0.1, 0.15) is 11.7 Å². The SMILES string of the molecule is C/C=C/c1ccc(F)cc1CCc1ccccc1C1=NCCN1. The van der Waals surface area contributed by atoms with Crippen LogP contribution in [-0.2, 0) is 12.8 Å². The van der Waals surface area contributed by atoms with E-state index in [1.165, 1.54) is 11.6 Å². The Kier molecular flexibility index (Phi) is 4.86. The lowest BCUT2D eigenvalue weighted by atomic mass is 9.96. The fourth-order valence-electron chi connectivity index (χ4n) is 2.95. The van der Waals surface area contributed by atoms with Crippen LogP contribution >= 0.6 is 0 Å². The minimum absolute atomic E-state index is 0.177. The zero-order valence-electron chi connectivity index (χ0n) is 13.3. The van der Waals surface area contributed by atoms with Crippen LogP contribution in [0.25, 0.3) is 6.08 Å². The molecule has 23 heavy (non-hydrogen) atoms. The van der Waals surface area contributed by atoms with Crippen molar-refractivity contribution in [3.8, 4) is 0 Å². The first-order valence-corrected chi connectivity index (χ1v) is 8.05. The quantitative estimate of drug-likeness (QED) is 0.887. The predicted molar refractivity (Wildman–Crippen MR) is 94.4 cm³/mol. The van der Waals surface area contributed by atoms with Gasteiger partial charge < -0.3 is 5.32 Å². The zero-order valence-corrected chi connectivity index (χ0v) is 13.3. The first-order chi connectivity index (χ1) is 11.3. The number of halogens is 1. The summed E-state index contributed by atoms with van der Waals surface area (Å²) in [7, 11) is 0. The first kappa shape index (κ1) is 15.5. The molecule has 0 bridgehead atoms. The molecule has 0 atom stereocenters. The minimum Gasteiger partial charge on any atom is -0.368 e. The number of allylic oxidation sites excluding steroid dienone is 1. The maximum atomic E-state index is 13.6. The highest BCUT2D eigenvalue weighted by Gasteiger charge is 2.12. The smallest absolute Gasteiger partial charge is 0.128 e. The summed E-state index contributed by atoms with van der Waals surface area (Å²) in [5.74, 6) is 0.803. The van der Waals surface area contributed by atoms with Crippen LogP contribution < -0.4 is 5.32 Å². The third-order valence-corrected chi connectivity index (χ3v) is 4.06. The van der Waals surface area contributed by atoms with E-state index in [4.69, 9.17) is 0 Å². The third-order valence-electron chi connectivity index (χ3n) is 4.06. The topological polar surface area (TPSA) is 24.4 Å². The van der Waals surface area contributed by atoms with E-state index < -0.39 is 0 Å². The van der Waals surface area contributed by atoms with Gasteiger partial charge in [0.25, 0.3) is 0 Å². The molecule has 3 heteroatoms. The average Bonchev–Trinajstić information content (AvgIpc) is 3.10. The molecule has 1 aliphatic heterocycles. The summed E-state index contributed by atoms with van der Waals surface area (Å²) in [4.78, 5) is 4.52. The van der Waals surface area contributed by atoms with E-state index in [9.17, 15) is 4.39 Å². The Morgan fingerprint density at radius 3 is 2.74 bits per heavy atom. The van der Waals surface area contributed by atoms with Gasteiger partial charge in [-0.3, -0.25) is 4.99 Å². The van der Waals surface area contributed by atoms with Gasteiger partial charge in [0.05, 0.1) is 6.54 Å². The lowest BCUT2D eigenvalue weighted by Crippen LogP contribution is -2.21. The Morgan fingerprint density at radius 2 is 1.96 bits per heavy atom. The summed E-state index contributed by atoms with van der Waals surface area (Å²) in [5.41, 5.74) is 4.53. The molecule has 118 valence electrons. The summed E-state index contributed by atoms with van der Waals surface area (Å²) < 4.78 is 13.6. The maximum absolute atomic E-state index is 13.6. The highest BCUT2D eigenvalue weighted by atomic mass is 19.1. The van der Waals surface area contributed by atoms with Crippen molar-refractivity contribution in [1.82, 2.24) is 5.32 Å². The molecule has 1 aliphatic rings. The number of rotatable bonds is 5. The van der Waals surface area contributed by atoms with Crippen LogP contribution in [0.5, 0.6) is 0 Å². The fraction of sp³-hybridized carbons (Fsp3) is 0.250. The molecule has 2 nitrogen and oxygen atoms in total. The van der Waals surface area contributed by atoms with E-state index in [1.807, 2.05) is 37.3 Å². The molecule has 0 fully saturated rings. The molecule has 1 N–H and O–H groups in total. The molecule has 2 aromatic carbocycles. The summed E-state index contributed by atoms with van der Waals surface area (Å²) >= 11 is 0. The highest BCUT2D eigenvalue weighted by molar-refractivity contribution is 6.01. The lowest BCUT2D eigenvalue weighted by Gasteiger charge is -2.11. The van der Waals surface area contributed by atoms with Gasteiger partial charge in [0, 0.05) is 12.1 Å².